The summed E-state index contributed by atoms with van der Waals surface area (Å²) in [6, 6.07) is 6.91. The number of hydrogen-bond donors (Lipinski definition) is 2. The minimum absolute atomic E-state index is 0.0241. The minimum Gasteiger partial charge on any atom is -0.497 e. The summed E-state index contributed by atoms with van der Waals surface area (Å²) >= 11 is 0. The predicted molar refractivity (Wildman–Crippen MR) is 109 cm³/mol. The lowest BCUT2D eigenvalue weighted by atomic mass is 9.53. The lowest BCUT2D eigenvalue weighted by Gasteiger charge is -2.57. The molecule has 5 heteroatoms. The zero-order valence-corrected chi connectivity index (χ0v) is 16.7. The molecule has 1 aromatic carbocycles. The molecule has 28 heavy (non-hydrogen) atoms. The second-order valence-electron chi connectivity index (χ2n) is 9.02. The Morgan fingerprint density at radius 3 is 2.18 bits per heavy atom. The summed E-state index contributed by atoms with van der Waals surface area (Å²) in [5.41, 5.74) is 0.880. The third-order valence-corrected chi connectivity index (χ3v) is 6.72. The van der Waals surface area contributed by atoms with Crippen molar-refractivity contribution >= 4 is 17.9 Å². The van der Waals surface area contributed by atoms with Gasteiger partial charge in [-0.05, 0) is 87.0 Å². The van der Waals surface area contributed by atoms with E-state index in [4.69, 9.17) is 4.74 Å². The fraction of sp³-hybridized carbons (Fsp3) is 0.565. The number of hydrogen-bond acceptors (Lipinski definition) is 3. The van der Waals surface area contributed by atoms with Crippen LogP contribution in [0.25, 0.3) is 6.08 Å². The lowest BCUT2D eigenvalue weighted by Crippen LogP contribution is -2.62. The second kappa shape index (κ2) is 7.61. The van der Waals surface area contributed by atoms with Crippen molar-refractivity contribution < 1.29 is 14.3 Å². The highest BCUT2D eigenvalue weighted by Crippen LogP contribution is 2.55. The van der Waals surface area contributed by atoms with E-state index in [9.17, 15) is 9.59 Å². The van der Waals surface area contributed by atoms with Gasteiger partial charge in [0.1, 0.15) is 11.8 Å². The van der Waals surface area contributed by atoms with Crippen molar-refractivity contribution in [2.45, 2.75) is 57.0 Å². The summed E-state index contributed by atoms with van der Waals surface area (Å²) in [6.45, 7) is 1.76. The molecule has 0 aromatic heterocycles. The SMILES string of the molecule is COc1ccc(/C=C/C(=O)NC(C)C(=O)NC23CC4CC(CC(C4)C2)C3)cc1. The number of amides is 2. The van der Waals surface area contributed by atoms with E-state index in [-0.39, 0.29) is 17.4 Å². The van der Waals surface area contributed by atoms with E-state index >= 15 is 0 Å². The minimum atomic E-state index is -0.541. The first kappa shape index (κ1) is 19.0. The summed E-state index contributed by atoms with van der Waals surface area (Å²) in [6.07, 6.45) is 10.6. The van der Waals surface area contributed by atoms with Crippen LogP contribution in [0.15, 0.2) is 30.3 Å². The summed E-state index contributed by atoms with van der Waals surface area (Å²) in [5, 5.41) is 6.12. The highest BCUT2D eigenvalue weighted by Gasteiger charge is 2.51. The molecule has 4 bridgehead atoms. The molecule has 1 aromatic rings. The smallest absolute Gasteiger partial charge is 0.244 e. The van der Waals surface area contributed by atoms with Gasteiger partial charge in [0.15, 0.2) is 0 Å². The van der Waals surface area contributed by atoms with Crippen molar-refractivity contribution in [1.29, 1.82) is 0 Å². The van der Waals surface area contributed by atoms with E-state index in [1.807, 2.05) is 24.3 Å². The molecule has 0 heterocycles. The monoisotopic (exact) mass is 382 g/mol. The molecule has 4 aliphatic rings. The van der Waals surface area contributed by atoms with Crippen molar-refractivity contribution in [2.24, 2.45) is 17.8 Å². The van der Waals surface area contributed by atoms with Crippen molar-refractivity contribution in [3.63, 3.8) is 0 Å². The van der Waals surface area contributed by atoms with Crippen LogP contribution in [0.3, 0.4) is 0 Å². The van der Waals surface area contributed by atoms with E-state index in [0.717, 1.165) is 48.3 Å². The molecule has 0 aliphatic heterocycles. The van der Waals surface area contributed by atoms with Crippen molar-refractivity contribution in [3.05, 3.63) is 35.9 Å². The molecular weight excluding hydrogens is 352 g/mol. The van der Waals surface area contributed by atoms with Crippen LogP contribution < -0.4 is 15.4 Å². The molecule has 150 valence electrons. The average molecular weight is 383 g/mol. The van der Waals surface area contributed by atoms with E-state index in [1.54, 1.807) is 20.1 Å². The predicted octanol–water partition coefficient (Wildman–Crippen LogP) is 3.30. The number of methoxy groups -OCH3 is 1. The Balaban J connectivity index is 1.30. The lowest BCUT2D eigenvalue weighted by molar-refractivity contribution is -0.131. The average Bonchev–Trinajstić information content (AvgIpc) is 2.65. The Kier molecular flexibility index (Phi) is 5.17. The molecule has 4 saturated carbocycles. The van der Waals surface area contributed by atoms with Gasteiger partial charge < -0.3 is 15.4 Å². The van der Waals surface area contributed by atoms with Crippen LogP contribution in [0.4, 0.5) is 0 Å². The zero-order chi connectivity index (χ0) is 19.7. The van der Waals surface area contributed by atoms with E-state index in [2.05, 4.69) is 10.6 Å². The zero-order valence-electron chi connectivity index (χ0n) is 16.7. The normalized spacial score (nSPS) is 31.6. The van der Waals surface area contributed by atoms with Crippen LogP contribution in [-0.2, 0) is 9.59 Å². The van der Waals surface area contributed by atoms with Gasteiger partial charge in [0.25, 0.3) is 0 Å². The molecule has 2 N–H and O–H groups in total. The van der Waals surface area contributed by atoms with Crippen LogP contribution in [0.1, 0.15) is 51.0 Å². The molecule has 0 saturated heterocycles. The Labute approximate surface area is 166 Å². The Bertz CT molecular complexity index is 733. The summed E-state index contributed by atoms with van der Waals surface area (Å²) < 4.78 is 5.13. The van der Waals surface area contributed by atoms with Crippen LogP contribution in [0, 0.1) is 17.8 Å². The number of rotatable bonds is 6. The number of nitrogens with one attached hydrogen (secondary N) is 2. The standard InChI is InChI=1S/C23H30N2O3/c1-15(24-21(26)8-5-16-3-6-20(28-2)7-4-16)22(27)25-23-12-17-9-18(13-23)11-19(10-17)14-23/h3-8,15,17-19H,9-14H2,1-2H3,(H,24,26)(H,25,27)/b8-5+. The molecule has 0 spiro atoms. The van der Waals surface area contributed by atoms with Crippen molar-refractivity contribution in [1.82, 2.24) is 10.6 Å². The van der Waals surface area contributed by atoms with Crippen molar-refractivity contribution in [2.75, 3.05) is 7.11 Å². The van der Waals surface area contributed by atoms with Gasteiger partial charge in [-0.3, -0.25) is 9.59 Å². The molecule has 4 aliphatic carbocycles. The largest absolute Gasteiger partial charge is 0.497 e. The quantitative estimate of drug-likeness (QED) is 0.742. The van der Waals surface area contributed by atoms with Gasteiger partial charge in [-0.2, -0.15) is 0 Å². The molecular formula is C23H30N2O3. The fourth-order valence-corrected chi connectivity index (χ4v) is 5.85. The van der Waals surface area contributed by atoms with Gasteiger partial charge in [-0.15, -0.1) is 0 Å². The molecule has 5 nitrogen and oxygen atoms in total. The molecule has 1 atom stereocenters. The number of carbonyl (C=O) groups is 2. The highest BCUT2D eigenvalue weighted by molar-refractivity contribution is 5.95. The topological polar surface area (TPSA) is 67.4 Å². The first-order valence-electron chi connectivity index (χ1n) is 10.4. The van der Waals surface area contributed by atoms with Crippen LogP contribution in [0.5, 0.6) is 5.75 Å². The van der Waals surface area contributed by atoms with Crippen molar-refractivity contribution in [3.8, 4) is 5.75 Å². The van der Waals surface area contributed by atoms with Gasteiger partial charge in [0.2, 0.25) is 11.8 Å². The van der Waals surface area contributed by atoms with Gasteiger partial charge in [0, 0.05) is 11.6 Å². The second-order valence-corrected chi connectivity index (χ2v) is 9.02. The third-order valence-electron chi connectivity index (χ3n) is 6.72. The molecule has 2 amide bonds. The molecule has 0 radical (unpaired) electrons. The fourth-order valence-electron chi connectivity index (χ4n) is 5.85. The number of carbonyl (C=O) groups excluding carboxylic acids is 2. The summed E-state index contributed by atoms with van der Waals surface area (Å²) in [7, 11) is 1.62. The van der Waals surface area contributed by atoms with Gasteiger partial charge in [0.05, 0.1) is 7.11 Å². The molecule has 5 rings (SSSR count). The summed E-state index contributed by atoms with van der Waals surface area (Å²) in [4.78, 5) is 25.0. The van der Waals surface area contributed by atoms with Gasteiger partial charge in [-0.25, -0.2) is 0 Å². The number of ether oxygens (including phenoxy) is 1. The first-order valence-corrected chi connectivity index (χ1v) is 10.4. The van der Waals surface area contributed by atoms with Crippen LogP contribution in [0.2, 0.25) is 0 Å². The Morgan fingerprint density at radius 1 is 1.07 bits per heavy atom. The van der Waals surface area contributed by atoms with E-state index < -0.39 is 6.04 Å². The Hall–Kier alpha value is -2.30. The van der Waals surface area contributed by atoms with E-state index in [1.165, 1.54) is 25.3 Å². The highest BCUT2D eigenvalue weighted by atomic mass is 16.5. The maximum atomic E-state index is 12.7. The molecule has 4 fully saturated rings. The van der Waals surface area contributed by atoms with Crippen LogP contribution >= 0.6 is 0 Å². The third kappa shape index (κ3) is 4.08. The molecule has 1 unspecified atom stereocenters. The first-order chi connectivity index (χ1) is 13.4. The maximum absolute atomic E-state index is 12.7. The summed E-state index contributed by atoms with van der Waals surface area (Å²) in [5.74, 6) is 2.80. The van der Waals surface area contributed by atoms with Crippen LogP contribution in [-0.4, -0.2) is 30.5 Å². The maximum Gasteiger partial charge on any atom is 0.244 e. The Morgan fingerprint density at radius 2 is 1.64 bits per heavy atom. The van der Waals surface area contributed by atoms with E-state index in [0.29, 0.717) is 0 Å². The van der Waals surface area contributed by atoms with Gasteiger partial charge in [-0.1, -0.05) is 12.1 Å². The number of benzene rings is 1. The van der Waals surface area contributed by atoms with Gasteiger partial charge >= 0.3 is 0 Å².